The van der Waals surface area contributed by atoms with Gasteiger partial charge in [0.1, 0.15) is 0 Å². The SMILES string of the molecule is CC(CCc1ccc(F)c(F)c1)NS(=O)(=O)c1ccc(S(=O)(=O)N(C)C)cc1. The predicted molar refractivity (Wildman–Crippen MR) is 102 cm³/mol. The lowest BCUT2D eigenvalue weighted by Crippen LogP contribution is -2.33. The summed E-state index contributed by atoms with van der Waals surface area (Å²) in [5.74, 6) is -1.88. The molecule has 1 unspecified atom stereocenters. The first-order valence-corrected chi connectivity index (χ1v) is 11.3. The molecule has 1 N–H and O–H groups in total. The standard InChI is InChI=1S/C18H22F2N2O4S2/c1-13(4-5-14-6-11-17(19)18(20)12-14)21-27(23,24)15-7-9-16(10-8-15)28(25,26)22(2)3/h6-13,21H,4-5H2,1-3H3. The summed E-state index contributed by atoms with van der Waals surface area (Å²) >= 11 is 0. The van der Waals surface area contributed by atoms with Gasteiger partial charge in [-0.25, -0.2) is 34.6 Å². The van der Waals surface area contributed by atoms with E-state index in [1.165, 1.54) is 44.4 Å². The van der Waals surface area contributed by atoms with Crippen LogP contribution < -0.4 is 4.72 Å². The van der Waals surface area contributed by atoms with Crippen molar-refractivity contribution >= 4 is 20.0 Å². The molecule has 0 saturated heterocycles. The molecule has 6 nitrogen and oxygen atoms in total. The van der Waals surface area contributed by atoms with Crippen molar-refractivity contribution in [3.05, 3.63) is 59.7 Å². The lowest BCUT2D eigenvalue weighted by molar-refractivity contribution is 0.505. The van der Waals surface area contributed by atoms with Crippen molar-refractivity contribution in [2.24, 2.45) is 0 Å². The maximum absolute atomic E-state index is 13.2. The number of hydrogen-bond acceptors (Lipinski definition) is 4. The molecule has 2 rings (SSSR count). The Bertz CT molecular complexity index is 1040. The molecule has 0 fully saturated rings. The van der Waals surface area contributed by atoms with Gasteiger partial charge in [-0.1, -0.05) is 6.07 Å². The summed E-state index contributed by atoms with van der Waals surface area (Å²) in [6.45, 7) is 1.66. The second-order valence-electron chi connectivity index (χ2n) is 6.57. The third-order valence-electron chi connectivity index (χ3n) is 4.12. The Morgan fingerprint density at radius 1 is 0.929 bits per heavy atom. The van der Waals surface area contributed by atoms with Gasteiger partial charge in [-0.3, -0.25) is 0 Å². The Hall–Kier alpha value is -1.88. The number of benzene rings is 2. The third kappa shape index (κ3) is 5.34. The van der Waals surface area contributed by atoms with E-state index in [1.807, 2.05) is 0 Å². The number of aryl methyl sites for hydroxylation is 1. The molecule has 0 spiro atoms. The van der Waals surface area contributed by atoms with Gasteiger partial charge in [0.25, 0.3) is 0 Å². The average Bonchev–Trinajstić information content (AvgIpc) is 2.62. The summed E-state index contributed by atoms with van der Waals surface area (Å²) in [7, 11) is -4.73. The third-order valence-corrected chi connectivity index (χ3v) is 7.55. The van der Waals surface area contributed by atoms with Gasteiger partial charge >= 0.3 is 0 Å². The molecule has 0 aliphatic rings. The smallest absolute Gasteiger partial charge is 0.208 e. The lowest BCUT2D eigenvalue weighted by Gasteiger charge is -2.15. The maximum atomic E-state index is 13.2. The second kappa shape index (κ2) is 8.64. The zero-order valence-corrected chi connectivity index (χ0v) is 17.3. The fourth-order valence-corrected chi connectivity index (χ4v) is 4.65. The first-order chi connectivity index (χ1) is 12.9. The Balaban J connectivity index is 2.05. The number of halogens is 2. The highest BCUT2D eigenvalue weighted by Crippen LogP contribution is 2.18. The zero-order valence-electron chi connectivity index (χ0n) is 15.7. The Labute approximate surface area is 164 Å². The minimum absolute atomic E-state index is 0.0113. The van der Waals surface area contributed by atoms with Crippen LogP contribution in [0.15, 0.2) is 52.3 Å². The quantitative estimate of drug-likeness (QED) is 0.695. The molecule has 28 heavy (non-hydrogen) atoms. The highest BCUT2D eigenvalue weighted by Gasteiger charge is 2.21. The van der Waals surface area contributed by atoms with Crippen molar-refractivity contribution in [1.82, 2.24) is 9.03 Å². The molecule has 2 aromatic rings. The zero-order chi connectivity index (χ0) is 21.1. The van der Waals surface area contributed by atoms with Crippen molar-refractivity contribution in [3.8, 4) is 0 Å². The maximum Gasteiger partial charge on any atom is 0.242 e. The summed E-state index contributed by atoms with van der Waals surface area (Å²) in [5, 5.41) is 0. The number of hydrogen-bond donors (Lipinski definition) is 1. The molecule has 0 aliphatic carbocycles. The van der Waals surface area contributed by atoms with Crippen LogP contribution in [0.1, 0.15) is 18.9 Å². The van der Waals surface area contributed by atoms with Gasteiger partial charge < -0.3 is 0 Å². The summed E-state index contributed by atoms with van der Waals surface area (Å²) < 4.78 is 78.7. The molecule has 0 aromatic heterocycles. The monoisotopic (exact) mass is 432 g/mol. The Morgan fingerprint density at radius 3 is 2.04 bits per heavy atom. The topological polar surface area (TPSA) is 83.5 Å². The first-order valence-electron chi connectivity index (χ1n) is 8.42. The molecule has 0 amide bonds. The largest absolute Gasteiger partial charge is 0.242 e. The van der Waals surface area contributed by atoms with Crippen molar-refractivity contribution in [3.63, 3.8) is 0 Å². The Kier molecular flexibility index (Phi) is 6.92. The van der Waals surface area contributed by atoms with Crippen LogP contribution in [0, 0.1) is 11.6 Å². The Morgan fingerprint density at radius 2 is 1.50 bits per heavy atom. The van der Waals surface area contributed by atoms with E-state index in [4.69, 9.17) is 0 Å². The van der Waals surface area contributed by atoms with Gasteiger partial charge in [-0.2, -0.15) is 0 Å². The molecule has 10 heteroatoms. The van der Waals surface area contributed by atoms with Gasteiger partial charge in [0.2, 0.25) is 20.0 Å². The molecule has 2 aromatic carbocycles. The van der Waals surface area contributed by atoms with Crippen molar-refractivity contribution in [2.75, 3.05) is 14.1 Å². The van der Waals surface area contributed by atoms with Crippen LogP contribution in [0.3, 0.4) is 0 Å². The number of nitrogens with one attached hydrogen (secondary N) is 1. The van der Waals surface area contributed by atoms with Crippen LogP contribution in [-0.2, 0) is 26.5 Å². The summed E-state index contributed by atoms with van der Waals surface area (Å²) in [6, 6.07) is 8.00. The van der Waals surface area contributed by atoms with E-state index in [0.29, 0.717) is 18.4 Å². The highest BCUT2D eigenvalue weighted by molar-refractivity contribution is 7.89. The van der Waals surface area contributed by atoms with E-state index >= 15 is 0 Å². The van der Waals surface area contributed by atoms with Crippen LogP contribution in [0.2, 0.25) is 0 Å². The number of rotatable bonds is 8. The van der Waals surface area contributed by atoms with Gasteiger partial charge in [-0.15, -0.1) is 0 Å². The van der Waals surface area contributed by atoms with Gasteiger partial charge in [0.15, 0.2) is 11.6 Å². The summed E-state index contributed by atoms with van der Waals surface area (Å²) in [6.07, 6.45) is 0.734. The van der Waals surface area contributed by atoms with Crippen molar-refractivity contribution < 1.29 is 25.6 Å². The molecule has 0 heterocycles. The molecular weight excluding hydrogens is 410 g/mol. The molecular formula is C18H22F2N2O4S2. The van der Waals surface area contributed by atoms with Crippen LogP contribution in [0.25, 0.3) is 0 Å². The molecule has 154 valence electrons. The van der Waals surface area contributed by atoms with E-state index < -0.39 is 37.7 Å². The lowest BCUT2D eigenvalue weighted by atomic mass is 10.1. The predicted octanol–water partition coefficient (Wildman–Crippen LogP) is 2.51. The van der Waals surface area contributed by atoms with E-state index in [2.05, 4.69) is 4.72 Å². The van der Waals surface area contributed by atoms with Crippen LogP contribution in [0.5, 0.6) is 0 Å². The molecule has 0 saturated carbocycles. The second-order valence-corrected chi connectivity index (χ2v) is 10.4. The van der Waals surface area contributed by atoms with Crippen LogP contribution >= 0.6 is 0 Å². The summed E-state index contributed by atoms with van der Waals surface area (Å²) in [4.78, 5) is -0.0762. The number of sulfonamides is 2. The minimum atomic E-state index is -3.85. The molecule has 1 atom stereocenters. The normalized spacial score (nSPS) is 13.6. The fraction of sp³-hybridized carbons (Fsp3) is 0.333. The summed E-state index contributed by atoms with van der Waals surface area (Å²) in [5.41, 5.74) is 0.559. The highest BCUT2D eigenvalue weighted by atomic mass is 32.2. The van der Waals surface area contributed by atoms with Crippen molar-refractivity contribution in [1.29, 1.82) is 0 Å². The van der Waals surface area contributed by atoms with E-state index in [1.54, 1.807) is 6.92 Å². The van der Waals surface area contributed by atoms with Crippen molar-refractivity contribution in [2.45, 2.75) is 35.6 Å². The van der Waals surface area contributed by atoms with E-state index in [-0.39, 0.29) is 9.79 Å². The van der Waals surface area contributed by atoms with Gasteiger partial charge in [0.05, 0.1) is 9.79 Å². The molecule has 0 aliphatic heterocycles. The first kappa shape index (κ1) is 22.4. The fourth-order valence-electron chi connectivity index (χ4n) is 2.47. The molecule has 0 bridgehead atoms. The minimum Gasteiger partial charge on any atom is -0.208 e. The van der Waals surface area contributed by atoms with Crippen LogP contribution in [0.4, 0.5) is 8.78 Å². The average molecular weight is 433 g/mol. The molecule has 0 radical (unpaired) electrons. The van der Waals surface area contributed by atoms with Crippen LogP contribution in [-0.4, -0.2) is 41.3 Å². The van der Waals surface area contributed by atoms with Gasteiger partial charge in [0, 0.05) is 20.1 Å². The van der Waals surface area contributed by atoms with E-state index in [9.17, 15) is 25.6 Å². The number of nitrogens with zero attached hydrogens (tertiary/aromatic N) is 1. The van der Waals surface area contributed by atoms with E-state index in [0.717, 1.165) is 16.4 Å². The van der Waals surface area contributed by atoms with Gasteiger partial charge in [-0.05, 0) is 61.7 Å².